The number of non-ortho nitro benzene ring substituents is 1. The smallest absolute Gasteiger partial charge is 0.272 e. The highest BCUT2D eigenvalue weighted by molar-refractivity contribution is 5.79. The van der Waals surface area contributed by atoms with Crippen LogP contribution < -0.4 is 10.2 Å². The van der Waals surface area contributed by atoms with E-state index in [1.165, 1.54) is 18.6 Å². The number of rotatable bonds is 4. The Bertz CT molecular complexity index is 638. The van der Waals surface area contributed by atoms with Gasteiger partial charge in [-0.15, -0.1) is 0 Å². The number of nitrogens with one attached hydrogen (secondary N) is 1. The number of halogens is 1. The molecule has 0 bridgehead atoms. The second kappa shape index (κ2) is 7.80. The summed E-state index contributed by atoms with van der Waals surface area (Å²) < 4.78 is 14.1. The van der Waals surface area contributed by atoms with Crippen LogP contribution in [0.15, 0.2) is 18.2 Å². The fraction of sp³-hybridized carbons (Fsp3) is 0.611. The van der Waals surface area contributed by atoms with Crippen LogP contribution in [-0.4, -0.2) is 30.0 Å². The normalized spacial score (nSPS) is 19.6. The molecular formula is C18H24FN3O3. The van der Waals surface area contributed by atoms with Crippen molar-refractivity contribution in [3.8, 4) is 0 Å². The van der Waals surface area contributed by atoms with Crippen molar-refractivity contribution in [3.63, 3.8) is 0 Å². The van der Waals surface area contributed by atoms with Gasteiger partial charge in [-0.2, -0.15) is 0 Å². The molecule has 0 atom stereocenters. The van der Waals surface area contributed by atoms with E-state index in [0.717, 1.165) is 44.6 Å². The lowest BCUT2D eigenvalue weighted by Crippen LogP contribution is -2.46. The second-order valence-corrected chi connectivity index (χ2v) is 7.00. The van der Waals surface area contributed by atoms with E-state index < -0.39 is 10.7 Å². The second-order valence-electron chi connectivity index (χ2n) is 7.00. The number of benzene rings is 1. The molecule has 136 valence electrons. The topological polar surface area (TPSA) is 75.5 Å². The first kappa shape index (κ1) is 17.6. The fourth-order valence-corrected chi connectivity index (χ4v) is 3.81. The molecule has 6 nitrogen and oxygen atoms in total. The standard InChI is InChI=1S/C18H24FN3O3/c19-16-12-15(22(24)25)6-7-17(16)21-10-8-14(9-11-21)20-18(23)13-4-2-1-3-5-13/h6-7,12-14H,1-5,8-11H2,(H,20,23). The van der Waals surface area contributed by atoms with Crippen LogP contribution in [0.5, 0.6) is 0 Å². The summed E-state index contributed by atoms with van der Waals surface area (Å²) in [7, 11) is 0. The van der Waals surface area contributed by atoms with Gasteiger partial charge in [0.2, 0.25) is 5.91 Å². The number of nitro groups is 1. The van der Waals surface area contributed by atoms with E-state index in [-0.39, 0.29) is 23.6 Å². The van der Waals surface area contributed by atoms with E-state index in [4.69, 9.17) is 0 Å². The van der Waals surface area contributed by atoms with E-state index in [0.29, 0.717) is 18.8 Å². The third kappa shape index (κ3) is 4.27. The highest BCUT2D eigenvalue weighted by atomic mass is 19.1. The quantitative estimate of drug-likeness (QED) is 0.668. The predicted octanol–water partition coefficient (Wildman–Crippen LogP) is 3.40. The van der Waals surface area contributed by atoms with Crippen molar-refractivity contribution in [1.29, 1.82) is 0 Å². The minimum Gasteiger partial charge on any atom is -0.369 e. The van der Waals surface area contributed by atoms with Gasteiger partial charge in [0.1, 0.15) is 0 Å². The minimum absolute atomic E-state index is 0.131. The first-order valence-electron chi connectivity index (χ1n) is 9.04. The Morgan fingerprint density at radius 1 is 1.16 bits per heavy atom. The summed E-state index contributed by atoms with van der Waals surface area (Å²) in [6.45, 7) is 1.26. The largest absolute Gasteiger partial charge is 0.369 e. The number of nitrogens with zero attached hydrogens (tertiary/aromatic N) is 2. The number of anilines is 1. The van der Waals surface area contributed by atoms with Crippen LogP contribution in [0, 0.1) is 21.8 Å². The van der Waals surface area contributed by atoms with Crippen LogP contribution in [0.1, 0.15) is 44.9 Å². The zero-order valence-electron chi connectivity index (χ0n) is 14.2. The van der Waals surface area contributed by atoms with Crippen molar-refractivity contribution in [3.05, 3.63) is 34.1 Å². The van der Waals surface area contributed by atoms with Crippen molar-refractivity contribution < 1.29 is 14.1 Å². The SMILES string of the molecule is O=C(NC1CCN(c2ccc([N+](=O)[O-])cc2F)CC1)C1CCCCC1. The molecule has 2 fully saturated rings. The molecular weight excluding hydrogens is 325 g/mol. The zero-order valence-corrected chi connectivity index (χ0v) is 14.2. The van der Waals surface area contributed by atoms with E-state index in [1.54, 1.807) is 0 Å². The number of amides is 1. The summed E-state index contributed by atoms with van der Waals surface area (Å²) >= 11 is 0. The van der Waals surface area contributed by atoms with Gasteiger partial charge in [-0.05, 0) is 31.7 Å². The number of carbonyl (C=O) groups is 1. The van der Waals surface area contributed by atoms with Crippen molar-refractivity contribution in [1.82, 2.24) is 5.32 Å². The Balaban J connectivity index is 1.53. The van der Waals surface area contributed by atoms with Gasteiger partial charge >= 0.3 is 0 Å². The number of hydrogen-bond acceptors (Lipinski definition) is 4. The first-order valence-corrected chi connectivity index (χ1v) is 9.04. The molecule has 25 heavy (non-hydrogen) atoms. The maximum absolute atomic E-state index is 14.1. The summed E-state index contributed by atoms with van der Waals surface area (Å²) in [4.78, 5) is 24.3. The Labute approximate surface area is 146 Å². The van der Waals surface area contributed by atoms with Gasteiger partial charge < -0.3 is 10.2 Å². The van der Waals surface area contributed by atoms with Crippen LogP contribution >= 0.6 is 0 Å². The molecule has 0 unspecified atom stereocenters. The molecule has 2 aliphatic rings. The number of carbonyl (C=O) groups excluding carboxylic acids is 1. The van der Waals surface area contributed by atoms with Crippen LogP contribution in [0.4, 0.5) is 15.8 Å². The summed E-state index contributed by atoms with van der Waals surface area (Å²) in [5.41, 5.74) is 0.151. The van der Waals surface area contributed by atoms with E-state index in [9.17, 15) is 19.3 Å². The molecule has 1 aromatic carbocycles. The number of piperidine rings is 1. The van der Waals surface area contributed by atoms with E-state index in [1.807, 2.05) is 4.90 Å². The molecule has 1 amide bonds. The summed E-state index contributed by atoms with van der Waals surface area (Å²) in [6.07, 6.45) is 6.98. The number of hydrogen-bond donors (Lipinski definition) is 1. The lowest BCUT2D eigenvalue weighted by atomic mass is 9.88. The number of nitro benzene ring substituents is 1. The van der Waals surface area contributed by atoms with E-state index >= 15 is 0 Å². The highest BCUT2D eigenvalue weighted by Crippen LogP contribution is 2.27. The summed E-state index contributed by atoms with van der Waals surface area (Å²) in [5, 5.41) is 13.9. The molecule has 7 heteroatoms. The fourth-order valence-electron chi connectivity index (χ4n) is 3.81. The molecule has 0 aromatic heterocycles. The third-order valence-electron chi connectivity index (χ3n) is 5.30. The van der Waals surface area contributed by atoms with Crippen molar-refractivity contribution in [2.45, 2.75) is 51.0 Å². The van der Waals surface area contributed by atoms with Gasteiger partial charge in [-0.1, -0.05) is 19.3 Å². The molecule has 3 rings (SSSR count). The van der Waals surface area contributed by atoms with Crippen molar-refractivity contribution in [2.75, 3.05) is 18.0 Å². The lowest BCUT2D eigenvalue weighted by Gasteiger charge is -2.35. The van der Waals surface area contributed by atoms with Gasteiger partial charge in [0.25, 0.3) is 5.69 Å². The average molecular weight is 349 g/mol. The summed E-state index contributed by atoms with van der Waals surface area (Å²) in [6, 6.07) is 3.89. The molecule has 1 aromatic rings. The van der Waals surface area contributed by atoms with E-state index in [2.05, 4.69) is 5.32 Å². The Morgan fingerprint density at radius 2 is 1.84 bits per heavy atom. The molecule has 1 aliphatic heterocycles. The molecule has 1 heterocycles. The molecule has 1 aliphatic carbocycles. The Hall–Kier alpha value is -2.18. The van der Waals surface area contributed by atoms with Gasteiger partial charge in [-0.3, -0.25) is 14.9 Å². The van der Waals surface area contributed by atoms with Gasteiger partial charge in [0.15, 0.2) is 5.82 Å². The maximum Gasteiger partial charge on any atom is 0.272 e. The Kier molecular flexibility index (Phi) is 5.50. The Morgan fingerprint density at radius 3 is 2.44 bits per heavy atom. The van der Waals surface area contributed by atoms with Crippen molar-refractivity contribution >= 4 is 17.3 Å². The van der Waals surface area contributed by atoms with Gasteiger partial charge in [-0.25, -0.2) is 4.39 Å². The zero-order chi connectivity index (χ0) is 17.8. The average Bonchev–Trinajstić information content (AvgIpc) is 2.63. The molecule has 1 N–H and O–H groups in total. The summed E-state index contributed by atoms with van der Waals surface area (Å²) in [5.74, 6) is -0.252. The third-order valence-corrected chi connectivity index (χ3v) is 5.30. The van der Waals surface area contributed by atoms with Crippen LogP contribution in [0.3, 0.4) is 0 Å². The lowest BCUT2D eigenvalue weighted by molar-refractivity contribution is -0.385. The molecule has 0 radical (unpaired) electrons. The van der Waals surface area contributed by atoms with Crippen LogP contribution in [-0.2, 0) is 4.79 Å². The molecule has 0 spiro atoms. The van der Waals surface area contributed by atoms with Crippen molar-refractivity contribution in [2.24, 2.45) is 5.92 Å². The maximum atomic E-state index is 14.1. The monoisotopic (exact) mass is 349 g/mol. The van der Waals surface area contributed by atoms with Crippen LogP contribution in [0.25, 0.3) is 0 Å². The van der Waals surface area contributed by atoms with Gasteiger partial charge in [0, 0.05) is 31.1 Å². The minimum atomic E-state index is -0.597. The van der Waals surface area contributed by atoms with Gasteiger partial charge in [0.05, 0.1) is 16.7 Å². The first-order chi connectivity index (χ1) is 12.0. The van der Waals surface area contributed by atoms with Crippen LogP contribution in [0.2, 0.25) is 0 Å². The molecule has 1 saturated carbocycles. The predicted molar refractivity (Wildman–Crippen MR) is 93.0 cm³/mol. The molecule has 1 saturated heterocycles. The highest BCUT2D eigenvalue weighted by Gasteiger charge is 2.27.